The fraction of sp³-hybridized carbons (Fsp3) is 0.455. The van der Waals surface area contributed by atoms with E-state index in [9.17, 15) is 9.59 Å². The molecule has 2 heterocycles. The molecule has 1 N–H and O–H groups in total. The van der Waals surface area contributed by atoms with Gasteiger partial charge in [0.15, 0.2) is 14.5 Å². The number of hydrogen-bond acceptors (Lipinski definition) is 5. The Balaban J connectivity index is 1.82. The highest BCUT2D eigenvalue weighted by Gasteiger charge is 2.53. The molecule has 1 fully saturated rings. The molecule has 0 bridgehead atoms. The number of hydrogen-bond donors (Lipinski definition) is 1. The molecule has 1 aromatic heterocycles. The van der Waals surface area contributed by atoms with Crippen LogP contribution in [0.1, 0.15) is 59.8 Å². The van der Waals surface area contributed by atoms with Gasteiger partial charge in [-0.05, 0) is 46.5 Å². The van der Waals surface area contributed by atoms with Crippen LogP contribution in [0.3, 0.4) is 0 Å². The molecule has 0 saturated carbocycles. The van der Waals surface area contributed by atoms with Crippen molar-refractivity contribution in [3.05, 3.63) is 105 Å². The summed E-state index contributed by atoms with van der Waals surface area (Å²) in [5.41, 5.74) is -0.451. The van der Waals surface area contributed by atoms with Crippen LogP contribution < -0.4 is 21.6 Å². The second-order valence-corrected chi connectivity index (χ2v) is 22.8. The van der Waals surface area contributed by atoms with E-state index in [2.05, 4.69) is 108 Å². The summed E-state index contributed by atoms with van der Waals surface area (Å²) in [6, 6.07) is 21.0. The Hall–Kier alpha value is -2.99. The zero-order chi connectivity index (χ0) is 30.9. The van der Waals surface area contributed by atoms with Crippen LogP contribution in [0.5, 0.6) is 0 Å². The lowest BCUT2D eigenvalue weighted by Gasteiger charge is -2.44. The van der Waals surface area contributed by atoms with Crippen LogP contribution in [0.2, 0.25) is 23.2 Å². The quantitative estimate of drug-likeness (QED) is 0.337. The Morgan fingerprint density at radius 3 is 1.98 bits per heavy atom. The number of nitrogens with zero attached hydrogens (tertiary/aromatic N) is 1. The van der Waals surface area contributed by atoms with Gasteiger partial charge in [-0.15, -0.1) is 0 Å². The molecular formula is C33H46N2O5Si2. The molecule has 1 saturated heterocycles. The molecule has 1 aliphatic heterocycles. The second kappa shape index (κ2) is 12.0. The Labute approximate surface area is 251 Å². The molecule has 1 aliphatic rings. The third-order valence-electron chi connectivity index (χ3n) is 8.73. The van der Waals surface area contributed by atoms with E-state index in [4.69, 9.17) is 13.6 Å². The van der Waals surface area contributed by atoms with Crippen molar-refractivity contribution in [2.75, 3.05) is 6.61 Å². The number of benzene rings is 2. The minimum absolute atomic E-state index is 0.0656. The van der Waals surface area contributed by atoms with Gasteiger partial charge in [0.05, 0.1) is 6.61 Å². The van der Waals surface area contributed by atoms with Gasteiger partial charge in [-0.1, -0.05) is 102 Å². The SMILES string of the molecule is Cc1cn([C@H]2C[C@H](O[Si](c3ccccc3)(c3ccccc3)C(C)(C)C)/C(=C\CO[Si](C)(C)C(C)(C)C)O2)c(=O)[nH]c1=O. The van der Waals surface area contributed by atoms with Crippen LogP contribution in [0.25, 0.3) is 0 Å². The summed E-state index contributed by atoms with van der Waals surface area (Å²) in [5, 5.41) is 2.17. The summed E-state index contributed by atoms with van der Waals surface area (Å²) in [6.45, 7) is 19.9. The first-order valence-corrected chi connectivity index (χ1v) is 19.5. The first kappa shape index (κ1) is 31.9. The highest BCUT2D eigenvalue weighted by molar-refractivity contribution is 6.99. The summed E-state index contributed by atoms with van der Waals surface area (Å²) >= 11 is 0. The van der Waals surface area contributed by atoms with Crippen molar-refractivity contribution in [3.63, 3.8) is 0 Å². The van der Waals surface area contributed by atoms with Crippen LogP contribution in [0, 0.1) is 6.92 Å². The maximum Gasteiger partial charge on any atom is 0.331 e. The van der Waals surface area contributed by atoms with Crippen LogP contribution in [0.15, 0.2) is 88.3 Å². The largest absolute Gasteiger partial charge is 0.472 e. The van der Waals surface area contributed by atoms with Gasteiger partial charge in [-0.25, -0.2) is 4.79 Å². The first-order valence-electron chi connectivity index (χ1n) is 14.7. The third-order valence-corrected chi connectivity index (χ3v) is 18.3. The van der Waals surface area contributed by atoms with E-state index >= 15 is 0 Å². The summed E-state index contributed by atoms with van der Waals surface area (Å²) in [6.07, 6.45) is 2.91. The minimum atomic E-state index is -2.92. The van der Waals surface area contributed by atoms with E-state index in [1.165, 1.54) is 14.9 Å². The smallest absolute Gasteiger partial charge is 0.331 e. The molecule has 0 amide bonds. The zero-order valence-corrected chi connectivity index (χ0v) is 28.5. The highest BCUT2D eigenvalue weighted by atomic mass is 28.4. The monoisotopic (exact) mass is 606 g/mol. The molecule has 0 spiro atoms. The zero-order valence-electron chi connectivity index (χ0n) is 26.5. The first-order chi connectivity index (χ1) is 19.6. The highest BCUT2D eigenvalue weighted by Crippen LogP contribution is 2.42. The molecule has 42 heavy (non-hydrogen) atoms. The van der Waals surface area contributed by atoms with E-state index in [0.717, 1.165) is 0 Å². The number of aromatic amines is 1. The number of nitrogens with one attached hydrogen (secondary N) is 1. The topological polar surface area (TPSA) is 82.6 Å². The van der Waals surface area contributed by atoms with Gasteiger partial charge in [0.2, 0.25) is 0 Å². The van der Waals surface area contributed by atoms with Gasteiger partial charge in [-0.2, -0.15) is 0 Å². The number of aromatic nitrogens is 2. The predicted molar refractivity (Wildman–Crippen MR) is 175 cm³/mol. The van der Waals surface area contributed by atoms with E-state index in [0.29, 0.717) is 24.4 Å². The predicted octanol–water partition coefficient (Wildman–Crippen LogP) is 5.61. The maximum atomic E-state index is 12.9. The van der Waals surface area contributed by atoms with Gasteiger partial charge in [0, 0.05) is 18.2 Å². The average Bonchev–Trinajstić information content (AvgIpc) is 3.31. The van der Waals surface area contributed by atoms with Gasteiger partial charge < -0.3 is 13.6 Å². The lowest BCUT2D eigenvalue weighted by Crippen LogP contribution is -2.67. The van der Waals surface area contributed by atoms with Gasteiger partial charge in [0.25, 0.3) is 13.9 Å². The standard InChI is InChI=1S/C33H46N2O5Si2/c1-24-23-35(31(37)34-30(24)36)29-22-28(27(39-29)20-21-38-41(8,9)32(2,3)4)40-42(33(5,6)7,25-16-12-10-13-17-25)26-18-14-11-15-19-26/h10-20,23,28-29H,21-22H2,1-9H3,(H,34,36,37)/b27-20+/t28-,29+/m0/s1. The minimum Gasteiger partial charge on any atom is -0.472 e. The molecule has 9 heteroatoms. The van der Waals surface area contributed by atoms with E-state index in [-0.39, 0.29) is 10.1 Å². The van der Waals surface area contributed by atoms with Gasteiger partial charge in [-0.3, -0.25) is 14.3 Å². The number of H-pyrrole nitrogens is 1. The molecule has 7 nitrogen and oxygen atoms in total. The molecule has 2 aromatic carbocycles. The molecule has 226 valence electrons. The number of rotatable bonds is 8. The normalized spacial score (nSPS) is 19.2. The maximum absolute atomic E-state index is 12.9. The Morgan fingerprint density at radius 1 is 0.929 bits per heavy atom. The van der Waals surface area contributed by atoms with Crippen molar-refractivity contribution in [2.45, 2.75) is 90.4 Å². The third kappa shape index (κ3) is 6.34. The number of aryl methyl sites for hydroxylation is 1. The molecule has 2 atom stereocenters. The van der Waals surface area contributed by atoms with Crippen LogP contribution in [0.4, 0.5) is 0 Å². The van der Waals surface area contributed by atoms with Crippen molar-refractivity contribution < 1.29 is 13.6 Å². The Morgan fingerprint density at radius 2 is 1.48 bits per heavy atom. The van der Waals surface area contributed by atoms with Gasteiger partial charge >= 0.3 is 5.69 Å². The average molecular weight is 607 g/mol. The molecule has 3 aromatic rings. The lowest BCUT2D eigenvalue weighted by molar-refractivity contribution is 0.0910. The van der Waals surface area contributed by atoms with Crippen molar-refractivity contribution >= 4 is 27.0 Å². The van der Waals surface area contributed by atoms with Crippen LogP contribution >= 0.6 is 0 Å². The van der Waals surface area contributed by atoms with Crippen molar-refractivity contribution in [3.8, 4) is 0 Å². The molecule has 4 rings (SSSR count). The second-order valence-electron chi connectivity index (χ2n) is 13.7. The van der Waals surface area contributed by atoms with Crippen LogP contribution in [-0.2, 0) is 13.6 Å². The fourth-order valence-electron chi connectivity index (χ4n) is 5.29. The van der Waals surface area contributed by atoms with E-state index in [1.54, 1.807) is 13.1 Å². The molecule has 0 unspecified atom stereocenters. The van der Waals surface area contributed by atoms with E-state index < -0.39 is 40.2 Å². The summed E-state index contributed by atoms with van der Waals surface area (Å²) in [4.78, 5) is 27.4. The van der Waals surface area contributed by atoms with E-state index in [1.807, 2.05) is 18.2 Å². The summed E-state index contributed by atoms with van der Waals surface area (Å²) in [5.74, 6) is 0.655. The summed E-state index contributed by atoms with van der Waals surface area (Å²) < 4.78 is 21.9. The van der Waals surface area contributed by atoms with Crippen molar-refractivity contribution in [2.24, 2.45) is 0 Å². The molecule has 0 radical (unpaired) electrons. The molecular weight excluding hydrogens is 561 g/mol. The Bertz CT molecular complexity index is 1480. The summed E-state index contributed by atoms with van der Waals surface area (Å²) in [7, 11) is -4.94. The lowest BCUT2D eigenvalue weighted by atomic mass is 10.2. The van der Waals surface area contributed by atoms with Crippen molar-refractivity contribution in [1.29, 1.82) is 0 Å². The van der Waals surface area contributed by atoms with Gasteiger partial charge in [0.1, 0.15) is 11.9 Å². The Kier molecular flexibility index (Phi) is 9.09. The fourth-order valence-corrected chi connectivity index (χ4v) is 10.9. The van der Waals surface area contributed by atoms with Crippen molar-refractivity contribution in [1.82, 2.24) is 9.55 Å². The van der Waals surface area contributed by atoms with Crippen LogP contribution in [-0.4, -0.2) is 38.9 Å². The number of ether oxygens (including phenoxy) is 1. The molecule has 0 aliphatic carbocycles.